The maximum Gasteiger partial charge on any atom is 0.178 e. The molecule has 106 valence electrons. The molecule has 0 aliphatic carbocycles. The van der Waals surface area contributed by atoms with Gasteiger partial charge in [0.25, 0.3) is 0 Å². The Kier molecular flexibility index (Phi) is 4.60. The lowest BCUT2D eigenvalue weighted by atomic mass is 10.0. The first-order valence-electron chi connectivity index (χ1n) is 6.78. The van der Waals surface area contributed by atoms with Crippen molar-refractivity contribution in [1.29, 1.82) is 0 Å². The van der Waals surface area contributed by atoms with Crippen molar-refractivity contribution >= 4 is 9.84 Å². The Morgan fingerprint density at radius 3 is 2.84 bits per heavy atom. The Bertz CT molecular complexity index is 528. The van der Waals surface area contributed by atoms with Crippen LogP contribution in [0.1, 0.15) is 24.9 Å². The highest BCUT2D eigenvalue weighted by molar-refractivity contribution is 7.91. The number of hydrogen-bond acceptors (Lipinski definition) is 4. The molecule has 0 saturated carbocycles. The molecule has 4 nitrogen and oxygen atoms in total. The standard InChI is InChI=1S/C14H22N2O2S/c1-3-16(2)10-9-15-13-8-11-19(17,18)14-7-5-4-6-12(13)14/h4-7,13,15H,3,8-11H2,1-2H3. The van der Waals surface area contributed by atoms with E-state index in [1.165, 1.54) is 0 Å². The Morgan fingerprint density at radius 2 is 2.11 bits per heavy atom. The van der Waals surface area contributed by atoms with Gasteiger partial charge in [-0.25, -0.2) is 8.42 Å². The van der Waals surface area contributed by atoms with Crippen LogP contribution in [0.3, 0.4) is 0 Å². The van der Waals surface area contributed by atoms with E-state index in [4.69, 9.17) is 0 Å². The van der Waals surface area contributed by atoms with Gasteiger partial charge in [-0.1, -0.05) is 25.1 Å². The number of rotatable bonds is 5. The van der Waals surface area contributed by atoms with E-state index in [1.54, 1.807) is 12.1 Å². The second-order valence-corrected chi connectivity index (χ2v) is 7.13. The molecule has 1 aromatic rings. The van der Waals surface area contributed by atoms with Crippen LogP contribution in [-0.4, -0.2) is 45.8 Å². The molecular weight excluding hydrogens is 260 g/mol. The quantitative estimate of drug-likeness (QED) is 0.888. The number of fused-ring (bicyclic) bond motifs is 1. The molecule has 0 spiro atoms. The lowest BCUT2D eigenvalue weighted by Gasteiger charge is -2.27. The SMILES string of the molecule is CCN(C)CCNC1CCS(=O)(=O)c2ccccc21. The van der Waals surface area contributed by atoms with Crippen LogP contribution in [0.15, 0.2) is 29.2 Å². The van der Waals surface area contributed by atoms with Crippen LogP contribution in [0.5, 0.6) is 0 Å². The molecular formula is C14H22N2O2S. The summed E-state index contributed by atoms with van der Waals surface area (Å²) < 4.78 is 24.0. The number of hydrogen-bond donors (Lipinski definition) is 1. The largest absolute Gasteiger partial charge is 0.309 e. The van der Waals surface area contributed by atoms with Gasteiger partial charge in [0.05, 0.1) is 10.6 Å². The first-order chi connectivity index (χ1) is 9.04. The summed E-state index contributed by atoms with van der Waals surface area (Å²) in [6.45, 7) is 5.01. The predicted octanol–water partition coefficient (Wildman–Crippen LogP) is 1.45. The van der Waals surface area contributed by atoms with Gasteiger partial charge in [-0.3, -0.25) is 0 Å². The van der Waals surface area contributed by atoms with E-state index in [0.717, 1.165) is 25.2 Å². The zero-order valence-corrected chi connectivity index (χ0v) is 12.4. The van der Waals surface area contributed by atoms with Crippen molar-refractivity contribution in [3.05, 3.63) is 29.8 Å². The van der Waals surface area contributed by atoms with Gasteiger partial charge < -0.3 is 10.2 Å². The Balaban J connectivity index is 2.08. The molecule has 1 aliphatic heterocycles. The molecule has 1 atom stereocenters. The third-order valence-electron chi connectivity index (χ3n) is 3.73. The minimum absolute atomic E-state index is 0.157. The highest BCUT2D eigenvalue weighted by atomic mass is 32.2. The fourth-order valence-electron chi connectivity index (χ4n) is 2.39. The topological polar surface area (TPSA) is 49.4 Å². The van der Waals surface area contributed by atoms with Crippen molar-refractivity contribution in [3.63, 3.8) is 0 Å². The molecule has 2 rings (SSSR count). The molecule has 19 heavy (non-hydrogen) atoms. The first-order valence-corrected chi connectivity index (χ1v) is 8.43. The van der Waals surface area contributed by atoms with Crippen molar-refractivity contribution in [2.75, 3.05) is 32.4 Å². The summed E-state index contributed by atoms with van der Waals surface area (Å²) in [4.78, 5) is 2.74. The van der Waals surface area contributed by atoms with Gasteiger partial charge in [-0.2, -0.15) is 0 Å². The molecule has 1 unspecified atom stereocenters. The monoisotopic (exact) mass is 282 g/mol. The summed E-state index contributed by atoms with van der Waals surface area (Å²) >= 11 is 0. The van der Waals surface area contributed by atoms with E-state index in [9.17, 15) is 8.42 Å². The van der Waals surface area contributed by atoms with Gasteiger partial charge in [0.1, 0.15) is 0 Å². The fraction of sp³-hybridized carbons (Fsp3) is 0.571. The van der Waals surface area contributed by atoms with Crippen molar-refractivity contribution in [2.24, 2.45) is 0 Å². The second-order valence-electron chi connectivity index (χ2n) is 5.05. The smallest absolute Gasteiger partial charge is 0.178 e. The molecule has 1 aliphatic rings. The highest BCUT2D eigenvalue weighted by Crippen LogP contribution is 2.31. The van der Waals surface area contributed by atoms with Gasteiger partial charge in [0.15, 0.2) is 9.84 Å². The van der Waals surface area contributed by atoms with Crippen molar-refractivity contribution in [2.45, 2.75) is 24.3 Å². The van der Waals surface area contributed by atoms with E-state index < -0.39 is 9.84 Å². The van der Waals surface area contributed by atoms with Gasteiger partial charge in [0.2, 0.25) is 0 Å². The summed E-state index contributed by atoms with van der Waals surface area (Å²) in [5.41, 5.74) is 0.924. The molecule has 1 aromatic carbocycles. The van der Waals surface area contributed by atoms with Gasteiger partial charge in [-0.15, -0.1) is 0 Å². The maximum atomic E-state index is 12.0. The normalized spacial score (nSPS) is 21.3. The molecule has 1 heterocycles. The van der Waals surface area contributed by atoms with Gasteiger partial charge in [-0.05, 0) is 31.6 Å². The zero-order chi connectivity index (χ0) is 13.9. The molecule has 0 fully saturated rings. The summed E-state index contributed by atoms with van der Waals surface area (Å²) in [6, 6.07) is 7.50. The molecule has 0 saturated heterocycles. The van der Waals surface area contributed by atoms with Crippen molar-refractivity contribution < 1.29 is 8.42 Å². The first kappa shape index (κ1) is 14.5. The number of nitrogens with one attached hydrogen (secondary N) is 1. The highest BCUT2D eigenvalue weighted by Gasteiger charge is 2.29. The summed E-state index contributed by atoms with van der Waals surface area (Å²) in [7, 11) is -0.987. The van der Waals surface area contributed by atoms with E-state index >= 15 is 0 Å². The molecule has 0 aromatic heterocycles. The van der Waals surface area contributed by atoms with Crippen molar-refractivity contribution in [3.8, 4) is 0 Å². The average Bonchev–Trinajstić information content (AvgIpc) is 2.41. The number of nitrogens with zero attached hydrogens (tertiary/aromatic N) is 1. The molecule has 0 radical (unpaired) electrons. The van der Waals surface area contributed by atoms with Crippen LogP contribution >= 0.6 is 0 Å². The summed E-state index contributed by atoms with van der Waals surface area (Å²) in [6.07, 6.45) is 0.662. The van der Waals surface area contributed by atoms with Crippen LogP contribution in [0.25, 0.3) is 0 Å². The predicted molar refractivity (Wildman–Crippen MR) is 77.0 cm³/mol. The van der Waals surface area contributed by atoms with Crippen LogP contribution in [0.2, 0.25) is 0 Å². The molecule has 0 amide bonds. The Hall–Kier alpha value is -0.910. The Labute approximate surface area is 115 Å². The summed E-state index contributed by atoms with van der Waals surface area (Å²) in [5.74, 6) is 0.241. The molecule has 0 bridgehead atoms. The lowest BCUT2D eigenvalue weighted by molar-refractivity contribution is 0.337. The van der Waals surface area contributed by atoms with E-state index in [1.807, 2.05) is 12.1 Å². The fourth-order valence-corrected chi connectivity index (χ4v) is 4.01. The second kappa shape index (κ2) is 6.03. The van der Waals surface area contributed by atoms with Crippen LogP contribution < -0.4 is 5.32 Å². The van der Waals surface area contributed by atoms with Gasteiger partial charge >= 0.3 is 0 Å². The molecule has 1 N–H and O–H groups in total. The van der Waals surface area contributed by atoms with Crippen LogP contribution in [-0.2, 0) is 9.84 Å². The van der Waals surface area contributed by atoms with E-state index in [2.05, 4.69) is 24.2 Å². The van der Waals surface area contributed by atoms with Crippen molar-refractivity contribution in [1.82, 2.24) is 10.2 Å². The Morgan fingerprint density at radius 1 is 1.37 bits per heavy atom. The van der Waals surface area contributed by atoms with E-state index in [-0.39, 0.29) is 11.8 Å². The minimum atomic E-state index is -3.07. The van der Waals surface area contributed by atoms with E-state index in [0.29, 0.717) is 11.3 Å². The van der Waals surface area contributed by atoms with Crippen LogP contribution in [0.4, 0.5) is 0 Å². The third kappa shape index (κ3) is 3.35. The summed E-state index contributed by atoms with van der Waals surface area (Å²) in [5, 5.41) is 3.47. The number of sulfone groups is 1. The zero-order valence-electron chi connectivity index (χ0n) is 11.6. The third-order valence-corrected chi connectivity index (χ3v) is 5.54. The maximum absolute atomic E-state index is 12.0. The number of likely N-dealkylation sites (N-methyl/N-ethyl adjacent to an activating group) is 1. The van der Waals surface area contributed by atoms with Crippen LogP contribution in [0, 0.1) is 0 Å². The van der Waals surface area contributed by atoms with Gasteiger partial charge in [0, 0.05) is 19.1 Å². The number of benzene rings is 1. The minimum Gasteiger partial charge on any atom is -0.309 e. The average molecular weight is 282 g/mol. The molecule has 5 heteroatoms. The lowest BCUT2D eigenvalue weighted by Crippen LogP contribution is -2.34.